The maximum absolute atomic E-state index is 12.4. The van der Waals surface area contributed by atoms with Crippen LogP contribution in [-0.2, 0) is 15.8 Å². The van der Waals surface area contributed by atoms with Gasteiger partial charge >= 0.3 is 6.18 Å². The molecule has 0 bridgehead atoms. The van der Waals surface area contributed by atoms with Gasteiger partial charge in [0.25, 0.3) is 0 Å². The van der Waals surface area contributed by atoms with Gasteiger partial charge in [-0.3, -0.25) is 4.84 Å². The van der Waals surface area contributed by atoms with E-state index in [0.717, 1.165) is 17.7 Å². The predicted molar refractivity (Wildman–Crippen MR) is 60.8 cm³/mol. The molecule has 0 saturated carbocycles. The van der Waals surface area contributed by atoms with Gasteiger partial charge in [-0.1, -0.05) is 12.1 Å². The molecule has 0 aromatic heterocycles. The molecule has 0 aliphatic heterocycles. The predicted octanol–water partition coefficient (Wildman–Crippen LogP) is 2.93. The fraction of sp³-hybridized carbons (Fsp3) is 0.500. The molecule has 1 N–H and O–H groups in total. The molecule has 0 spiro atoms. The summed E-state index contributed by atoms with van der Waals surface area (Å²) in [7, 11) is 1.56. The normalized spacial score (nSPS) is 13.6. The first-order chi connectivity index (χ1) is 8.45. The molecular weight excluding hydrogens is 247 g/mol. The molecule has 18 heavy (non-hydrogen) atoms. The Kier molecular flexibility index (Phi) is 5.58. The summed E-state index contributed by atoms with van der Waals surface area (Å²) in [5, 5.41) is 0. The second-order valence-corrected chi connectivity index (χ2v) is 3.80. The van der Waals surface area contributed by atoms with Crippen LogP contribution in [0.25, 0.3) is 0 Å². The van der Waals surface area contributed by atoms with Crippen molar-refractivity contribution in [2.75, 3.05) is 20.3 Å². The summed E-state index contributed by atoms with van der Waals surface area (Å²) in [6.07, 6.45) is -4.30. The van der Waals surface area contributed by atoms with E-state index >= 15 is 0 Å². The molecule has 1 unspecified atom stereocenters. The van der Waals surface area contributed by atoms with Crippen molar-refractivity contribution in [1.82, 2.24) is 5.48 Å². The zero-order chi connectivity index (χ0) is 13.6. The number of nitrogens with one attached hydrogen (secondary N) is 1. The Bertz CT molecular complexity index is 351. The molecular formula is C12H16F3NO2. The quantitative estimate of drug-likeness (QED) is 0.632. The van der Waals surface area contributed by atoms with Gasteiger partial charge in [-0.05, 0) is 24.6 Å². The Morgan fingerprint density at radius 2 is 1.78 bits per heavy atom. The summed E-state index contributed by atoms with van der Waals surface area (Å²) < 4.78 is 41.9. The third-order valence-corrected chi connectivity index (χ3v) is 2.39. The number of benzene rings is 1. The average Bonchev–Trinajstić information content (AvgIpc) is 2.33. The Morgan fingerprint density at radius 1 is 1.17 bits per heavy atom. The lowest BCUT2D eigenvalue weighted by Crippen LogP contribution is -2.21. The summed E-state index contributed by atoms with van der Waals surface area (Å²) in [5.41, 5.74) is 2.80. The zero-order valence-electron chi connectivity index (χ0n) is 10.3. The van der Waals surface area contributed by atoms with Gasteiger partial charge in [0, 0.05) is 7.11 Å². The SMILES string of the molecule is COCCONC(C)c1ccc(C(F)(F)F)cc1. The van der Waals surface area contributed by atoms with E-state index in [9.17, 15) is 13.2 Å². The first-order valence-corrected chi connectivity index (χ1v) is 5.48. The van der Waals surface area contributed by atoms with Crippen molar-refractivity contribution < 1.29 is 22.7 Å². The second-order valence-electron chi connectivity index (χ2n) is 3.80. The number of ether oxygens (including phenoxy) is 1. The van der Waals surface area contributed by atoms with Gasteiger partial charge in [-0.25, -0.2) is 0 Å². The Hall–Kier alpha value is -1.11. The van der Waals surface area contributed by atoms with Crippen molar-refractivity contribution in [1.29, 1.82) is 0 Å². The highest BCUT2D eigenvalue weighted by Gasteiger charge is 2.30. The minimum absolute atomic E-state index is 0.191. The molecule has 102 valence electrons. The highest BCUT2D eigenvalue weighted by atomic mass is 19.4. The van der Waals surface area contributed by atoms with Gasteiger partial charge in [0.1, 0.15) is 0 Å². The van der Waals surface area contributed by atoms with E-state index in [2.05, 4.69) is 5.48 Å². The summed E-state index contributed by atoms with van der Waals surface area (Å²) >= 11 is 0. The molecule has 0 fully saturated rings. The zero-order valence-corrected chi connectivity index (χ0v) is 10.3. The lowest BCUT2D eigenvalue weighted by molar-refractivity contribution is -0.137. The van der Waals surface area contributed by atoms with E-state index in [1.807, 2.05) is 0 Å². The number of rotatable bonds is 6. The van der Waals surface area contributed by atoms with Crippen LogP contribution in [0, 0.1) is 0 Å². The van der Waals surface area contributed by atoms with E-state index in [-0.39, 0.29) is 6.04 Å². The fourth-order valence-corrected chi connectivity index (χ4v) is 1.34. The van der Waals surface area contributed by atoms with Crippen LogP contribution in [0.1, 0.15) is 24.1 Å². The number of hydroxylamine groups is 1. The monoisotopic (exact) mass is 263 g/mol. The summed E-state index contributed by atoms with van der Waals surface area (Å²) in [4.78, 5) is 5.09. The van der Waals surface area contributed by atoms with Crippen LogP contribution < -0.4 is 5.48 Å². The van der Waals surface area contributed by atoms with Crippen molar-refractivity contribution in [2.24, 2.45) is 0 Å². The first-order valence-electron chi connectivity index (χ1n) is 5.48. The van der Waals surface area contributed by atoms with Crippen LogP contribution in [0.15, 0.2) is 24.3 Å². The molecule has 0 radical (unpaired) electrons. The van der Waals surface area contributed by atoms with Gasteiger partial charge in [-0.2, -0.15) is 18.7 Å². The van der Waals surface area contributed by atoms with E-state index in [1.54, 1.807) is 14.0 Å². The van der Waals surface area contributed by atoms with Crippen molar-refractivity contribution in [2.45, 2.75) is 19.1 Å². The van der Waals surface area contributed by atoms with Crippen LogP contribution in [0.3, 0.4) is 0 Å². The molecule has 6 heteroatoms. The molecule has 1 rings (SSSR count). The van der Waals surface area contributed by atoms with Crippen LogP contribution >= 0.6 is 0 Å². The van der Waals surface area contributed by atoms with E-state index in [1.165, 1.54) is 12.1 Å². The lowest BCUT2D eigenvalue weighted by Gasteiger charge is -2.15. The molecule has 0 saturated heterocycles. The van der Waals surface area contributed by atoms with Crippen molar-refractivity contribution in [3.63, 3.8) is 0 Å². The maximum Gasteiger partial charge on any atom is 0.416 e. The van der Waals surface area contributed by atoms with E-state index in [0.29, 0.717) is 13.2 Å². The Balaban J connectivity index is 2.51. The van der Waals surface area contributed by atoms with Gasteiger partial charge in [0.05, 0.1) is 24.8 Å². The molecule has 0 aliphatic rings. The molecule has 1 atom stereocenters. The number of halogens is 3. The van der Waals surface area contributed by atoms with Gasteiger partial charge in [0.2, 0.25) is 0 Å². The van der Waals surface area contributed by atoms with Crippen LogP contribution in [-0.4, -0.2) is 20.3 Å². The maximum atomic E-state index is 12.4. The molecule has 1 aromatic carbocycles. The first kappa shape index (κ1) is 14.9. The highest BCUT2D eigenvalue weighted by Crippen LogP contribution is 2.29. The van der Waals surface area contributed by atoms with E-state index in [4.69, 9.17) is 9.57 Å². The van der Waals surface area contributed by atoms with Gasteiger partial charge in [-0.15, -0.1) is 0 Å². The third-order valence-electron chi connectivity index (χ3n) is 2.39. The summed E-state index contributed by atoms with van der Waals surface area (Å²) in [6.45, 7) is 2.63. The number of methoxy groups -OCH3 is 1. The van der Waals surface area contributed by atoms with E-state index < -0.39 is 11.7 Å². The largest absolute Gasteiger partial charge is 0.416 e. The highest BCUT2D eigenvalue weighted by molar-refractivity contribution is 5.26. The summed E-state index contributed by atoms with van der Waals surface area (Å²) in [6, 6.07) is 4.79. The van der Waals surface area contributed by atoms with Crippen LogP contribution in [0.5, 0.6) is 0 Å². The Morgan fingerprint density at radius 3 is 2.28 bits per heavy atom. The van der Waals surface area contributed by atoms with Gasteiger partial charge in [0.15, 0.2) is 0 Å². The molecule has 0 heterocycles. The fourth-order valence-electron chi connectivity index (χ4n) is 1.34. The number of hydrogen-bond acceptors (Lipinski definition) is 3. The standard InChI is InChI=1S/C12H16F3NO2/c1-9(16-18-8-7-17-2)10-3-5-11(6-4-10)12(13,14)15/h3-6,9,16H,7-8H2,1-2H3. The number of hydrogen-bond donors (Lipinski definition) is 1. The van der Waals surface area contributed by atoms with Gasteiger partial charge < -0.3 is 4.74 Å². The van der Waals surface area contributed by atoms with Crippen LogP contribution in [0.4, 0.5) is 13.2 Å². The smallest absolute Gasteiger partial charge is 0.382 e. The molecule has 0 aliphatic carbocycles. The molecule has 0 amide bonds. The Labute approximate surface area is 104 Å². The topological polar surface area (TPSA) is 30.5 Å². The minimum Gasteiger partial charge on any atom is -0.382 e. The van der Waals surface area contributed by atoms with Crippen molar-refractivity contribution in [3.05, 3.63) is 35.4 Å². The molecule has 1 aromatic rings. The van der Waals surface area contributed by atoms with Crippen LogP contribution in [0.2, 0.25) is 0 Å². The average molecular weight is 263 g/mol. The number of alkyl halides is 3. The minimum atomic E-state index is -4.30. The van der Waals surface area contributed by atoms with Crippen molar-refractivity contribution >= 4 is 0 Å². The molecule has 3 nitrogen and oxygen atoms in total. The second kappa shape index (κ2) is 6.72. The lowest BCUT2D eigenvalue weighted by atomic mass is 10.1. The van der Waals surface area contributed by atoms with Crippen molar-refractivity contribution in [3.8, 4) is 0 Å². The summed E-state index contributed by atoms with van der Waals surface area (Å²) in [5.74, 6) is 0. The third kappa shape index (κ3) is 4.64.